The lowest BCUT2D eigenvalue weighted by Gasteiger charge is -2.19. The van der Waals surface area contributed by atoms with Gasteiger partial charge in [0.15, 0.2) is 6.61 Å². The summed E-state index contributed by atoms with van der Waals surface area (Å²) in [4.78, 5) is 27.8. The Hall–Kier alpha value is -2.24. The number of aromatic nitrogens is 2. The van der Waals surface area contributed by atoms with Gasteiger partial charge in [-0.2, -0.15) is 0 Å². The molecule has 0 saturated heterocycles. The molecule has 102 valence electrons. The summed E-state index contributed by atoms with van der Waals surface area (Å²) in [5.74, 6) is 0.0590. The Balaban J connectivity index is 2.01. The van der Waals surface area contributed by atoms with Crippen LogP contribution >= 0.6 is 0 Å². The first-order valence-corrected chi connectivity index (χ1v) is 5.90. The summed E-state index contributed by atoms with van der Waals surface area (Å²) in [6, 6.07) is 5.03. The largest absolute Gasteiger partial charge is 0.482 e. The first-order valence-electron chi connectivity index (χ1n) is 5.90. The zero-order chi connectivity index (χ0) is 14.0. The molecule has 0 unspecified atom stereocenters. The maximum atomic E-state index is 11.5. The number of H-pyrrole nitrogens is 2. The molecule has 0 spiro atoms. The zero-order valence-electron chi connectivity index (χ0n) is 11.1. The summed E-state index contributed by atoms with van der Waals surface area (Å²) in [6.45, 7) is 5.21. The number of benzene rings is 1. The third-order valence-electron chi connectivity index (χ3n) is 2.26. The van der Waals surface area contributed by atoms with Crippen molar-refractivity contribution in [1.82, 2.24) is 9.97 Å². The molecule has 0 radical (unpaired) electrons. The summed E-state index contributed by atoms with van der Waals surface area (Å²) in [5, 5.41) is 0. The van der Waals surface area contributed by atoms with Crippen molar-refractivity contribution in [2.24, 2.45) is 0 Å². The smallest absolute Gasteiger partial charge is 0.344 e. The van der Waals surface area contributed by atoms with Crippen molar-refractivity contribution in [3.63, 3.8) is 0 Å². The van der Waals surface area contributed by atoms with Gasteiger partial charge in [-0.3, -0.25) is 0 Å². The van der Waals surface area contributed by atoms with Crippen LogP contribution < -0.4 is 10.4 Å². The number of carbonyl (C=O) groups is 1. The molecule has 0 saturated carbocycles. The van der Waals surface area contributed by atoms with Crippen molar-refractivity contribution in [3.05, 3.63) is 28.7 Å². The Morgan fingerprint density at radius 3 is 2.58 bits per heavy atom. The van der Waals surface area contributed by atoms with E-state index in [-0.39, 0.29) is 12.3 Å². The SMILES string of the molecule is CC(C)(C)OC(=O)COc1ccc2[nH]c(=O)[nH]c2c1. The average Bonchev–Trinajstić information content (AvgIpc) is 2.63. The second-order valence-electron chi connectivity index (χ2n) is 5.16. The number of aromatic amines is 2. The number of hydrogen-bond donors (Lipinski definition) is 2. The van der Waals surface area contributed by atoms with Crippen LogP contribution in [0.15, 0.2) is 23.0 Å². The van der Waals surface area contributed by atoms with Gasteiger partial charge in [-0.1, -0.05) is 0 Å². The molecule has 0 aliphatic heterocycles. The highest BCUT2D eigenvalue weighted by Crippen LogP contribution is 2.17. The van der Waals surface area contributed by atoms with Gasteiger partial charge in [-0.25, -0.2) is 9.59 Å². The number of imidazole rings is 1. The van der Waals surface area contributed by atoms with E-state index in [0.29, 0.717) is 16.8 Å². The second kappa shape index (κ2) is 4.79. The highest BCUT2D eigenvalue weighted by atomic mass is 16.6. The van der Waals surface area contributed by atoms with Gasteiger partial charge in [-0.15, -0.1) is 0 Å². The summed E-state index contributed by atoms with van der Waals surface area (Å²) in [7, 11) is 0. The van der Waals surface area contributed by atoms with Crippen LogP contribution in [-0.4, -0.2) is 28.1 Å². The molecule has 1 heterocycles. The van der Waals surface area contributed by atoms with E-state index in [1.807, 2.05) is 0 Å². The van der Waals surface area contributed by atoms with Crippen molar-refractivity contribution in [2.45, 2.75) is 26.4 Å². The van der Waals surface area contributed by atoms with E-state index < -0.39 is 11.6 Å². The third kappa shape index (κ3) is 3.61. The summed E-state index contributed by atoms with van der Waals surface area (Å²) < 4.78 is 10.4. The Labute approximate surface area is 109 Å². The molecule has 0 amide bonds. The normalized spacial score (nSPS) is 11.5. The predicted molar refractivity (Wildman–Crippen MR) is 70.3 cm³/mol. The molecule has 1 aromatic carbocycles. The van der Waals surface area contributed by atoms with Gasteiger partial charge in [-0.05, 0) is 32.9 Å². The van der Waals surface area contributed by atoms with Crippen LogP contribution in [0.5, 0.6) is 5.75 Å². The van der Waals surface area contributed by atoms with Gasteiger partial charge < -0.3 is 19.4 Å². The molecule has 6 heteroatoms. The fourth-order valence-electron chi connectivity index (χ4n) is 1.61. The molecule has 2 aromatic rings. The number of carbonyl (C=O) groups excluding carboxylic acids is 1. The predicted octanol–water partition coefficient (Wildman–Crippen LogP) is 1.58. The molecule has 1 aromatic heterocycles. The highest BCUT2D eigenvalue weighted by Gasteiger charge is 2.16. The molecule has 19 heavy (non-hydrogen) atoms. The van der Waals surface area contributed by atoms with Gasteiger partial charge >= 0.3 is 11.7 Å². The van der Waals surface area contributed by atoms with Crippen molar-refractivity contribution >= 4 is 17.0 Å². The van der Waals surface area contributed by atoms with Gasteiger partial charge in [0.05, 0.1) is 11.0 Å². The van der Waals surface area contributed by atoms with Gasteiger partial charge in [0.1, 0.15) is 11.4 Å². The Morgan fingerprint density at radius 1 is 1.21 bits per heavy atom. The van der Waals surface area contributed by atoms with Crippen LogP contribution in [0.25, 0.3) is 11.0 Å². The molecule has 0 aliphatic rings. The van der Waals surface area contributed by atoms with Crippen LogP contribution in [0.1, 0.15) is 20.8 Å². The lowest BCUT2D eigenvalue weighted by atomic mass is 10.2. The van der Waals surface area contributed by atoms with Crippen LogP contribution in [0.3, 0.4) is 0 Å². The Kier molecular flexibility index (Phi) is 3.33. The van der Waals surface area contributed by atoms with Crippen molar-refractivity contribution in [3.8, 4) is 5.75 Å². The molecule has 0 fully saturated rings. The average molecular weight is 264 g/mol. The number of esters is 1. The fourth-order valence-corrected chi connectivity index (χ4v) is 1.61. The maximum absolute atomic E-state index is 11.5. The molecule has 2 N–H and O–H groups in total. The minimum Gasteiger partial charge on any atom is -0.482 e. The van der Waals surface area contributed by atoms with Gasteiger partial charge in [0.25, 0.3) is 0 Å². The lowest BCUT2D eigenvalue weighted by molar-refractivity contribution is -0.157. The van der Waals surface area contributed by atoms with E-state index in [1.54, 1.807) is 39.0 Å². The van der Waals surface area contributed by atoms with E-state index in [9.17, 15) is 9.59 Å². The third-order valence-corrected chi connectivity index (χ3v) is 2.26. The Bertz CT molecular complexity index is 648. The maximum Gasteiger partial charge on any atom is 0.344 e. The molecular weight excluding hydrogens is 248 g/mol. The van der Waals surface area contributed by atoms with Crippen LogP contribution in [0.4, 0.5) is 0 Å². The minimum absolute atomic E-state index is 0.169. The lowest BCUT2D eigenvalue weighted by Crippen LogP contribution is -2.27. The van der Waals surface area contributed by atoms with Gasteiger partial charge in [0, 0.05) is 6.07 Å². The number of ether oxygens (including phenoxy) is 2. The zero-order valence-corrected chi connectivity index (χ0v) is 11.1. The van der Waals surface area contributed by atoms with E-state index in [4.69, 9.17) is 9.47 Å². The van der Waals surface area contributed by atoms with Crippen molar-refractivity contribution in [1.29, 1.82) is 0 Å². The molecule has 0 bridgehead atoms. The summed E-state index contributed by atoms with van der Waals surface area (Å²) >= 11 is 0. The van der Waals surface area contributed by atoms with Crippen molar-refractivity contribution < 1.29 is 14.3 Å². The number of fused-ring (bicyclic) bond motifs is 1. The van der Waals surface area contributed by atoms with Crippen LogP contribution in [-0.2, 0) is 9.53 Å². The number of rotatable bonds is 3. The van der Waals surface area contributed by atoms with Crippen molar-refractivity contribution in [2.75, 3.05) is 6.61 Å². The molecule has 0 atom stereocenters. The standard InChI is InChI=1S/C13H16N2O4/c1-13(2,3)19-11(16)7-18-8-4-5-9-10(6-8)15-12(17)14-9/h4-6H,7H2,1-3H3,(H2,14,15,17). The van der Waals surface area contributed by atoms with Crippen LogP contribution in [0.2, 0.25) is 0 Å². The van der Waals surface area contributed by atoms with Crippen LogP contribution in [0, 0.1) is 0 Å². The first kappa shape index (κ1) is 13.2. The number of nitrogens with one attached hydrogen (secondary N) is 2. The quantitative estimate of drug-likeness (QED) is 0.824. The highest BCUT2D eigenvalue weighted by molar-refractivity contribution is 5.76. The van der Waals surface area contributed by atoms with E-state index >= 15 is 0 Å². The summed E-state index contributed by atoms with van der Waals surface area (Å²) in [5.41, 5.74) is 0.511. The van der Waals surface area contributed by atoms with E-state index in [2.05, 4.69) is 9.97 Å². The van der Waals surface area contributed by atoms with E-state index in [1.165, 1.54) is 0 Å². The topological polar surface area (TPSA) is 84.2 Å². The van der Waals surface area contributed by atoms with Gasteiger partial charge in [0.2, 0.25) is 0 Å². The molecule has 2 rings (SSSR count). The molecule has 6 nitrogen and oxygen atoms in total. The molecular formula is C13H16N2O4. The Morgan fingerprint density at radius 2 is 1.89 bits per heavy atom. The second-order valence-corrected chi connectivity index (χ2v) is 5.16. The number of hydrogen-bond acceptors (Lipinski definition) is 4. The summed E-state index contributed by atoms with van der Waals surface area (Å²) in [6.07, 6.45) is 0. The minimum atomic E-state index is -0.531. The fraction of sp³-hybridized carbons (Fsp3) is 0.385. The monoisotopic (exact) mass is 264 g/mol. The molecule has 0 aliphatic carbocycles. The first-order chi connectivity index (χ1) is 8.83. The van der Waals surface area contributed by atoms with E-state index in [0.717, 1.165) is 0 Å².